The quantitative estimate of drug-likeness (QED) is 0.880. The van der Waals surface area contributed by atoms with Crippen molar-refractivity contribution in [2.45, 2.75) is 13.0 Å². The molecule has 0 aromatic heterocycles. The number of nitrogens with two attached hydrogens (primary N) is 1. The number of nitrogens with zero attached hydrogens (tertiary/aromatic N) is 1. The van der Waals surface area contributed by atoms with Crippen LogP contribution in [0.25, 0.3) is 0 Å². The standard InChI is InChI=1S/C13H18FN3O2.2ClH/c1-9(15)13(18)16-11-6-10(14)7-12(8-11)17-2-4-19-5-3-17;;/h6-9H,2-5,15H2,1H3,(H,16,18);2*1H/t9-;;/m1../s1. The van der Waals surface area contributed by atoms with Gasteiger partial charge in [0.25, 0.3) is 0 Å². The van der Waals surface area contributed by atoms with Crippen molar-refractivity contribution in [1.82, 2.24) is 0 Å². The van der Waals surface area contributed by atoms with Crippen molar-refractivity contribution in [1.29, 1.82) is 0 Å². The van der Waals surface area contributed by atoms with Gasteiger partial charge in [-0.15, -0.1) is 24.8 Å². The number of hydrogen-bond acceptors (Lipinski definition) is 4. The van der Waals surface area contributed by atoms with Gasteiger partial charge in [-0.1, -0.05) is 0 Å². The minimum atomic E-state index is -0.630. The number of anilines is 2. The van der Waals surface area contributed by atoms with Gasteiger partial charge < -0.3 is 20.7 Å². The highest BCUT2D eigenvalue weighted by Crippen LogP contribution is 2.22. The summed E-state index contributed by atoms with van der Waals surface area (Å²) in [5.41, 5.74) is 6.63. The van der Waals surface area contributed by atoms with Crippen molar-refractivity contribution in [3.8, 4) is 0 Å². The molecule has 1 aromatic rings. The Morgan fingerprint density at radius 2 is 1.95 bits per heavy atom. The van der Waals surface area contributed by atoms with Gasteiger partial charge in [0.15, 0.2) is 0 Å². The number of nitrogens with one attached hydrogen (secondary N) is 1. The van der Waals surface area contributed by atoms with Crippen molar-refractivity contribution in [3.05, 3.63) is 24.0 Å². The molecule has 2 rings (SSSR count). The average Bonchev–Trinajstić information content (AvgIpc) is 2.39. The van der Waals surface area contributed by atoms with Crippen molar-refractivity contribution in [2.75, 3.05) is 36.5 Å². The van der Waals surface area contributed by atoms with Crippen LogP contribution < -0.4 is 16.0 Å². The smallest absolute Gasteiger partial charge is 0.241 e. The number of halogens is 3. The van der Waals surface area contributed by atoms with E-state index >= 15 is 0 Å². The van der Waals surface area contributed by atoms with E-state index in [1.165, 1.54) is 12.1 Å². The lowest BCUT2D eigenvalue weighted by Crippen LogP contribution is -2.36. The molecule has 0 bridgehead atoms. The van der Waals surface area contributed by atoms with Crippen LogP contribution in [-0.4, -0.2) is 38.3 Å². The molecule has 1 aliphatic rings. The largest absolute Gasteiger partial charge is 0.378 e. The maximum atomic E-state index is 13.6. The van der Waals surface area contributed by atoms with Crippen molar-refractivity contribution >= 4 is 42.1 Å². The van der Waals surface area contributed by atoms with E-state index in [1.54, 1.807) is 13.0 Å². The molecule has 21 heavy (non-hydrogen) atoms. The Morgan fingerprint density at radius 3 is 2.52 bits per heavy atom. The molecule has 120 valence electrons. The summed E-state index contributed by atoms with van der Waals surface area (Å²) in [6.07, 6.45) is 0. The highest BCUT2D eigenvalue weighted by atomic mass is 35.5. The van der Waals surface area contributed by atoms with Crippen LogP contribution in [0.15, 0.2) is 18.2 Å². The van der Waals surface area contributed by atoms with Gasteiger partial charge >= 0.3 is 0 Å². The van der Waals surface area contributed by atoms with E-state index in [0.717, 1.165) is 5.69 Å². The van der Waals surface area contributed by atoms with E-state index in [4.69, 9.17) is 10.5 Å². The molecule has 0 unspecified atom stereocenters. The van der Waals surface area contributed by atoms with Crippen LogP contribution in [0.5, 0.6) is 0 Å². The normalized spacial score (nSPS) is 15.5. The molecule has 1 aromatic carbocycles. The van der Waals surface area contributed by atoms with Crippen LogP contribution in [0.2, 0.25) is 0 Å². The van der Waals surface area contributed by atoms with Gasteiger partial charge in [-0.05, 0) is 25.1 Å². The lowest BCUT2D eigenvalue weighted by molar-refractivity contribution is -0.117. The topological polar surface area (TPSA) is 67.6 Å². The molecule has 0 spiro atoms. The molecular formula is C13H20Cl2FN3O2. The molecular weight excluding hydrogens is 320 g/mol. The Balaban J connectivity index is 0.00000200. The van der Waals surface area contributed by atoms with Crippen molar-refractivity contribution in [2.24, 2.45) is 5.73 Å². The second kappa shape index (κ2) is 9.04. The van der Waals surface area contributed by atoms with E-state index in [0.29, 0.717) is 32.0 Å². The number of carbonyl (C=O) groups is 1. The minimum absolute atomic E-state index is 0. The van der Waals surface area contributed by atoms with Gasteiger partial charge in [-0.25, -0.2) is 4.39 Å². The fraction of sp³-hybridized carbons (Fsp3) is 0.462. The summed E-state index contributed by atoms with van der Waals surface area (Å²) >= 11 is 0. The first-order chi connectivity index (χ1) is 9.06. The number of ether oxygens (including phenoxy) is 1. The Kier molecular flexibility index (Phi) is 8.58. The van der Waals surface area contributed by atoms with E-state index in [2.05, 4.69) is 5.32 Å². The number of amides is 1. The summed E-state index contributed by atoms with van der Waals surface area (Å²) < 4.78 is 18.8. The number of carbonyl (C=O) groups excluding carboxylic acids is 1. The van der Waals surface area contributed by atoms with E-state index in [-0.39, 0.29) is 36.5 Å². The van der Waals surface area contributed by atoms with Gasteiger partial charge in [-0.3, -0.25) is 4.79 Å². The fourth-order valence-corrected chi connectivity index (χ4v) is 1.91. The molecule has 0 radical (unpaired) electrons. The number of morpholine rings is 1. The Labute approximate surface area is 135 Å². The number of rotatable bonds is 3. The predicted octanol–water partition coefficient (Wildman–Crippen LogP) is 1.79. The summed E-state index contributed by atoms with van der Waals surface area (Å²) in [7, 11) is 0. The number of benzene rings is 1. The first kappa shape index (κ1) is 19.9. The molecule has 3 N–H and O–H groups in total. The van der Waals surface area contributed by atoms with Crippen LogP contribution in [0.3, 0.4) is 0 Å². The molecule has 1 aliphatic heterocycles. The highest BCUT2D eigenvalue weighted by molar-refractivity contribution is 5.94. The van der Waals surface area contributed by atoms with Crippen LogP contribution in [-0.2, 0) is 9.53 Å². The zero-order chi connectivity index (χ0) is 13.8. The first-order valence-corrected chi connectivity index (χ1v) is 6.26. The third kappa shape index (κ3) is 5.67. The molecule has 0 aliphatic carbocycles. The minimum Gasteiger partial charge on any atom is -0.378 e. The van der Waals surface area contributed by atoms with E-state index < -0.39 is 6.04 Å². The molecule has 1 amide bonds. The van der Waals surface area contributed by atoms with Gasteiger partial charge in [0.1, 0.15) is 5.82 Å². The monoisotopic (exact) mass is 339 g/mol. The second-order valence-electron chi connectivity index (χ2n) is 4.58. The molecule has 1 fully saturated rings. The summed E-state index contributed by atoms with van der Waals surface area (Å²) in [4.78, 5) is 13.5. The number of hydrogen-bond donors (Lipinski definition) is 2. The maximum Gasteiger partial charge on any atom is 0.241 e. The molecule has 1 heterocycles. The molecule has 8 heteroatoms. The third-order valence-electron chi connectivity index (χ3n) is 2.94. The van der Waals surface area contributed by atoms with Crippen LogP contribution in [0, 0.1) is 5.82 Å². The average molecular weight is 340 g/mol. The van der Waals surface area contributed by atoms with E-state index in [9.17, 15) is 9.18 Å². The predicted molar refractivity (Wildman–Crippen MR) is 86.2 cm³/mol. The summed E-state index contributed by atoms with van der Waals surface area (Å²) in [6.45, 7) is 4.25. The van der Waals surface area contributed by atoms with Crippen molar-refractivity contribution in [3.63, 3.8) is 0 Å². The molecule has 0 saturated carbocycles. The highest BCUT2D eigenvalue weighted by Gasteiger charge is 2.14. The SMILES string of the molecule is C[C@@H](N)C(=O)Nc1cc(F)cc(N2CCOCC2)c1.Cl.Cl. The van der Waals surface area contributed by atoms with Crippen LogP contribution in [0.1, 0.15) is 6.92 Å². The fourth-order valence-electron chi connectivity index (χ4n) is 1.91. The molecule has 1 atom stereocenters. The third-order valence-corrected chi connectivity index (χ3v) is 2.94. The van der Waals surface area contributed by atoms with E-state index in [1.807, 2.05) is 4.90 Å². The summed E-state index contributed by atoms with van der Waals surface area (Å²) in [5.74, 6) is -0.720. The van der Waals surface area contributed by atoms with Gasteiger partial charge in [0, 0.05) is 24.5 Å². The van der Waals surface area contributed by atoms with Gasteiger partial charge in [0.05, 0.1) is 19.3 Å². The molecule has 1 saturated heterocycles. The van der Waals surface area contributed by atoms with Crippen LogP contribution >= 0.6 is 24.8 Å². The van der Waals surface area contributed by atoms with Crippen molar-refractivity contribution < 1.29 is 13.9 Å². The zero-order valence-corrected chi connectivity index (χ0v) is 13.3. The Bertz CT molecular complexity index is 469. The van der Waals surface area contributed by atoms with Gasteiger partial charge in [0.2, 0.25) is 5.91 Å². The zero-order valence-electron chi connectivity index (χ0n) is 11.7. The first-order valence-electron chi connectivity index (χ1n) is 6.26. The Hall–Kier alpha value is -1.08. The Morgan fingerprint density at radius 1 is 1.33 bits per heavy atom. The van der Waals surface area contributed by atoms with Gasteiger partial charge in [-0.2, -0.15) is 0 Å². The second-order valence-corrected chi connectivity index (χ2v) is 4.58. The lowest BCUT2D eigenvalue weighted by atomic mass is 10.2. The maximum absolute atomic E-state index is 13.6. The lowest BCUT2D eigenvalue weighted by Gasteiger charge is -2.29. The molecule has 5 nitrogen and oxygen atoms in total. The summed E-state index contributed by atoms with van der Waals surface area (Å²) in [5, 5.41) is 2.60. The summed E-state index contributed by atoms with van der Waals surface area (Å²) in [6, 6.07) is 3.85. The van der Waals surface area contributed by atoms with Crippen LogP contribution in [0.4, 0.5) is 15.8 Å².